The second kappa shape index (κ2) is 63.3. The van der Waals surface area contributed by atoms with E-state index < -0.39 is 6.10 Å². The average molecular weight is 1050 g/mol. The molecule has 0 spiro atoms. The Morgan fingerprint density at radius 3 is 0.803 bits per heavy atom. The number of hydrogen-bond acceptors (Lipinski definition) is 6. The summed E-state index contributed by atoms with van der Waals surface area (Å²) >= 11 is 0. The minimum Gasteiger partial charge on any atom is -0.462 e. The maximum atomic E-state index is 12.8. The lowest BCUT2D eigenvalue weighted by atomic mass is 10.1. The fraction of sp³-hybridized carbons (Fsp3) is 0.671. The van der Waals surface area contributed by atoms with Crippen molar-refractivity contribution in [2.45, 2.75) is 290 Å². The number of hydrogen-bond donors (Lipinski definition) is 0. The molecule has 0 radical (unpaired) electrons. The molecule has 0 rings (SSSR count). The highest BCUT2D eigenvalue weighted by Crippen LogP contribution is 2.15. The molecule has 0 aliphatic rings. The van der Waals surface area contributed by atoms with Crippen LogP contribution >= 0.6 is 0 Å². The van der Waals surface area contributed by atoms with Crippen molar-refractivity contribution in [1.29, 1.82) is 0 Å². The Kier molecular flexibility index (Phi) is 59.9. The van der Waals surface area contributed by atoms with Gasteiger partial charge < -0.3 is 14.2 Å². The van der Waals surface area contributed by atoms with Crippen LogP contribution in [0.5, 0.6) is 0 Å². The molecule has 1 atom stereocenters. The van der Waals surface area contributed by atoms with Crippen LogP contribution in [0.15, 0.2) is 122 Å². The van der Waals surface area contributed by atoms with Crippen molar-refractivity contribution in [3.05, 3.63) is 122 Å². The summed E-state index contributed by atoms with van der Waals surface area (Å²) in [5.41, 5.74) is 0. The molecule has 0 aromatic rings. The second-order valence-corrected chi connectivity index (χ2v) is 20.6. The van der Waals surface area contributed by atoms with E-state index in [1.165, 1.54) is 109 Å². The Morgan fingerprint density at radius 1 is 0.276 bits per heavy atom. The number of allylic oxidation sites excluding steroid dienone is 20. The minimum absolute atomic E-state index is 0.0865. The summed E-state index contributed by atoms with van der Waals surface area (Å²) in [5.74, 6) is -0.913. The van der Waals surface area contributed by atoms with E-state index in [1.54, 1.807) is 0 Å². The molecule has 0 saturated carbocycles. The Hall–Kier alpha value is -4.19. The third-order valence-electron chi connectivity index (χ3n) is 13.2. The minimum atomic E-state index is -0.787. The van der Waals surface area contributed by atoms with Crippen LogP contribution in [0.25, 0.3) is 0 Å². The number of esters is 3. The van der Waals surface area contributed by atoms with Gasteiger partial charge in [0.15, 0.2) is 6.10 Å². The van der Waals surface area contributed by atoms with Crippen molar-refractivity contribution < 1.29 is 28.6 Å². The molecule has 6 nitrogen and oxygen atoms in total. The van der Waals surface area contributed by atoms with Gasteiger partial charge in [0.2, 0.25) is 0 Å². The van der Waals surface area contributed by atoms with Gasteiger partial charge in [0, 0.05) is 19.3 Å². The topological polar surface area (TPSA) is 78.9 Å². The Morgan fingerprint density at radius 2 is 0.513 bits per heavy atom. The Labute approximate surface area is 469 Å². The molecule has 0 aromatic heterocycles. The lowest BCUT2D eigenvalue weighted by molar-refractivity contribution is -0.167. The van der Waals surface area contributed by atoms with Crippen molar-refractivity contribution in [2.75, 3.05) is 13.2 Å². The molecule has 76 heavy (non-hydrogen) atoms. The molecular formula is C70H116O6. The van der Waals surface area contributed by atoms with Crippen LogP contribution in [0.3, 0.4) is 0 Å². The molecule has 0 heterocycles. The normalized spacial score (nSPS) is 12.9. The predicted molar refractivity (Wildman–Crippen MR) is 330 cm³/mol. The predicted octanol–water partition coefficient (Wildman–Crippen LogP) is 21.6. The Bertz CT molecular complexity index is 1590. The van der Waals surface area contributed by atoms with Crippen LogP contribution in [0.2, 0.25) is 0 Å². The van der Waals surface area contributed by atoms with Crippen molar-refractivity contribution in [3.63, 3.8) is 0 Å². The van der Waals surface area contributed by atoms with E-state index in [1.807, 2.05) is 0 Å². The van der Waals surface area contributed by atoms with Gasteiger partial charge in [0.25, 0.3) is 0 Å². The van der Waals surface area contributed by atoms with Gasteiger partial charge in [-0.2, -0.15) is 0 Å². The molecular weight excluding hydrogens is 937 g/mol. The molecule has 0 aliphatic carbocycles. The van der Waals surface area contributed by atoms with E-state index in [2.05, 4.69) is 142 Å². The summed E-state index contributed by atoms with van der Waals surface area (Å²) in [6.07, 6.45) is 88.0. The van der Waals surface area contributed by atoms with Crippen molar-refractivity contribution in [2.24, 2.45) is 0 Å². The SMILES string of the molecule is CC/C=C\C/C=C\C/C=C\C/C=C\C/C=C\C/C=C\C/C=C\CCCCCCCCCCCC(=O)OCC(COC(=O)CCCCCCCC)OC(=O)CCCCCCCC/C=C\C/C=C\C/C=C\CCCCCCC. The molecule has 0 aliphatic heterocycles. The summed E-state index contributed by atoms with van der Waals surface area (Å²) < 4.78 is 16.8. The fourth-order valence-corrected chi connectivity index (χ4v) is 8.49. The fourth-order valence-electron chi connectivity index (χ4n) is 8.49. The van der Waals surface area contributed by atoms with E-state index in [4.69, 9.17) is 14.2 Å². The molecule has 0 bridgehead atoms. The summed E-state index contributed by atoms with van der Waals surface area (Å²) in [6.45, 7) is 6.44. The lowest BCUT2D eigenvalue weighted by Gasteiger charge is -2.18. The van der Waals surface area contributed by atoms with Crippen molar-refractivity contribution in [1.82, 2.24) is 0 Å². The highest BCUT2D eigenvalue weighted by atomic mass is 16.6. The first-order valence-electron chi connectivity index (χ1n) is 31.5. The van der Waals surface area contributed by atoms with Crippen LogP contribution < -0.4 is 0 Å². The third kappa shape index (κ3) is 60.7. The number of ether oxygens (including phenoxy) is 3. The first-order chi connectivity index (χ1) is 37.5. The maximum Gasteiger partial charge on any atom is 0.306 e. The maximum absolute atomic E-state index is 12.8. The average Bonchev–Trinajstić information content (AvgIpc) is 3.42. The van der Waals surface area contributed by atoms with Gasteiger partial charge in [-0.25, -0.2) is 0 Å². The van der Waals surface area contributed by atoms with E-state index in [9.17, 15) is 14.4 Å². The van der Waals surface area contributed by atoms with Crippen LogP contribution in [0.4, 0.5) is 0 Å². The number of rotatable bonds is 56. The molecule has 0 aromatic carbocycles. The second-order valence-electron chi connectivity index (χ2n) is 20.6. The van der Waals surface area contributed by atoms with E-state index in [0.29, 0.717) is 19.3 Å². The molecule has 6 heteroatoms. The molecule has 0 N–H and O–H groups in total. The number of carbonyl (C=O) groups excluding carboxylic acids is 3. The van der Waals surface area contributed by atoms with Crippen LogP contribution in [-0.2, 0) is 28.6 Å². The molecule has 0 fully saturated rings. The van der Waals surface area contributed by atoms with Crippen molar-refractivity contribution >= 4 is 17.9 Å². The third-order valence-corrected chi connectivity index (χ3v) is 13.2. The number of carbonyl (C=O) groups is 3. The summed E-state index contributed by atoms with van der Waals surface area (Å²) in [7, 11) is 0. The highest BCUT2D eigenvalue weighted by molar-refractivity contribution is 5.71. The van der Waals surface area contributed by atoms with E-state index >= 15 is 0 Å². The number of unbranched alkanes of at least 4 members (excludes halogenated alkanes) is 25. The quantitative estimate of drug-likeness (QED) is 0.0261. The highest BCUT2D eigenvalue weighted by Gasteiger charge is 2.19. The standard InChI is InChI=1S/C70H116O6/c1-4-7-10-13-16-18-20-22-24-26-28-30-31-32-33-34-35-36-37-38-39-41-42-44-46-48-50-52-54-57-60-63-69(72)75-66-67(65-74-68(71)62-59-56-15-12-9-6-3)76-70(73)64-61-58-55-53-51-49-47-45-43-40-29-27-25-23-21-19-17-14-11-8-5-2/h7,10,16,18,21-24,27-30,32-33,35-36,38-39,43,45,67H,4-6,8-9,11-15,17,19-20,25-26,31,34,37,40-42,44,46-66H2,1-3H3/b10-7-,18-16-,23-21-,24-22-,29-27-,30-28-,33-32-,36-35-,39-38-,45-43-. The Balaban J connectivity index is 4.15. The first kappa shape index (κ1) is 71.8. The monoisotopic (exact) mass is 1050 g/mol. The molecule has 0 saturated heterocycles. The van der Waals surface area contributed by atoms with Crippen LogP contribution in [-0.4, -0.2) is 37.2 Å². The van der Waals surface area contributed by atoms with Crippen molar-refractivity contribution in [3.8, 4) is 0 Å². The van der Waals surface area contributed by atoms with Gasteiger partial charge in [-0.15, -0.1) is 0 Å². The van der Waals surface area contributed by atoms with Gasteiger partial charge in [0.05, 0.1) is 0 Å². The first-order valence-corrected chi connectivity index (χ1v) is 31.5. The van der Waals surface area contributed by atoms with Gasteiger partial charge in [0.1, 0.15) is 13.2 Å². The molecule has 1 unspecified atom stereocenters. The van der Waals surface area contributed by atoms with Crippen LogP contribution in [0.1, 0.15) is 284 Å². The van der Waals surface area contributed by atoms with Crippen LogP contribution in [0, 0.1) is 0 Å². The van der Waals surface area contributed by atoms with Gasteiger partial charge in [-0.3, -0.25) is 14.4 Å². The summed E-state index contributed by atoms with van der Waals surface area (Å²) in [4.78, 5) is 38.0. The van der Waals surface area contributed by atoms with Gasteiger partial charge >= 0.3 is 17.9 Å². The van der Waals surface area contributed by atoms with Gasteiger partial charge in [-0.05, 0) is 116 Å². The summed E-state index contributed by atoms with van der Waals surface area (Å²) in [6, 6.07) is 0. The zero-order valence-corrected chi connectivity index (χ0v) is 49.5. The molecule has 0 amide bonds. The zero-order valence-electron chi connectivity index (χ0n) is 49.5. The molecule has 432 valence electrons. The lowest BCUT2D eigenvalue weighted by Crippen LogP contribution is -2.30. The van der Waals surface area contributed by atoms with E-state index in [0.717, 1.165) is 135 Å². The van der Waals surface area contributed by atoms with Gasteiger partial charge in [-0.1, -0.05) is 271 Å². The largest absolute Gasteiger partial charge is 0.462 e. The summed E-state index contributed by atoms with van der Waals surface area (Å²) in [5, 5.41) is 0. The smallest absolute Gasteiger partial charge is 0.306 e. The van der Waals surface area contributed by atoms with E-state index in [-0.39, 0.29) is 31.1 Å². The zero-order chi connectivity index (χ0) is 55.0.